The average molecular weight is 382 g/mol. The minimum absolute atomic E-state index is 0.156. The quantitative estimate of drug-likeness (QED) is 0.528. The van der Waals surface area contributed by atoms with Crippen LogP contribution in [0.1, 0.15) is 6.92 Å². The first-order valence-corrected chi connectivity index (χ1v) is 9.25. The molecular weight excluding hydrogens is 364 g/mol. The molecule has 7 nitrogen and oxygen atoms in total. The number of methoxy groups -OCH3 is 1. The molecule has 2 heterocycles. The first-order chi connectivity index (χ1) is 13.1. The lowest BCUT2D eigenvalue weighted by Crippen LogP contribution is -2.23. The summed E-state index contributed by atoms with van der Waals surface area (Å²) in [5.74, 6) is 0.426. The predicted molar refractivity (Wildman–Crippen MR) is 105 cm³/mol. The summed E-state index contributed by atoms with van der Waals surface area (Å²) in [6, 6.07) is 11.5. The lowest BCUT2D eigenvalue weighted by atomic mass is 10.1. The van der Waals surface area contributed by atoms with Crippen molar-refractivity contribution in [3.05, 3.63) is 42.7 Å². The van der Waals surface area contributed by atoms with Crippen LogP contribution < -0.4 is 10.1 Å². The van der Waals surface area contributed by atoms with E-state index in [0.29, 0.717) is 22.2 Å². The molecule has 1 N–H and O–H groups in total. The highest BCUT2D eigenvalue weighted by atomic mass is 32.2. The third-order valence-corrected chi connectivity index (χ3v) is 5.43. The zero-order valence-corrected chi connectivity index (χ0v) is 15.9. The summed E-state index contributed by atoms with van der Waals surface area (Å²) in [5, 5.41) is 13.0. The maximum absolute atomic E-state index is 12.7. The number of nitrogens with zero attached hydrogens (tertiary/aromatic N) is 3. The Morgan fingerprint density at radius 3 is 2.81 bits per heavy atom. The van der Waals surface area contributed by atoms with Crippen LogP contribution in [0.3, 0.4) is 0 Å². The monoisotopic (exact) mass is 382 g/mol. The van der Waals surface area contributed by atoms with Crippen LogP contribution in [0.25, 0.3) is 21.9 Å². The van der Waals surface area contributed by atoms with Crippen molar-refractivity contribution in [1.82, 2.24) is 14.8 Å². The van der Waals surface area contributed by atoms with Gasteiger partial charge in [0.1, 0.15) is 23.2 Å². The number of rotatable bonds is 5. The molecule has 0 saturated carbocycles. The first-order valence-electron chi connectivity index (χ1n) is 8.37. The van der Waals surface area contributed by atoms with Gasteiger partial charge in [-0.25, -0.2) is 0 Å². The molecule has 0 unspecified atom stereocenters. The molecule has 0 aliphatic carbocycles. The van der Waals surface area contributed by atoms with E-state index in [-0.39, 0.29) is 11.2 Å². The Labute approximate surface area is 159 Å². The van der Waals surface area contributed by atoms with E-state index in [1.807, 2.05) is 44.3 Å². The zero-order valence-electron chi connectivity index (χ0n) is 15.1. The molecule has 0 spiro atoms. The smallest absolute Gasteiger partial charge is 0.237 e. The highest BCUT2D eigenvalue weighted by molar-refractivity contribution is 8.00. The maximum Gasteiger partial charge on any atom is 0.237 e. The number of aryl methyl sites for hydroxylation is 1. The van der Waals surface area contributed by atoms with Crippen molar-refractivity contribution in [2.45, 2.75) is 17.3 Å². The normalized spacial score (nSPS) is 12.4. The minimum atomic E-state index is -0.357. The molecule has 0 radical (unpaired) electrons. The summed E-state index contributed by atoms with van der Waals surface area (Å²) in [6.45, 7) is 1.82. The number of para-hydroxylation sites is 1. The molecule has 4 aromatic rings. The summed E-state index contributed by atoms with van der Waals surface area (Å²) >= 11 is 1.34. The van der Waals surface area contributed by atoms with Gasteiger partial charge in [0.05, 0.1) is 18.0 Å². The second kappa shape index (κ2) is 6.96. The molecule has 0 aliphatic rings. The van der Waals surface area contributed by atoms with E-state index in [4.69, 9.17) is 9.15 Å². The number of anilines is 1. The van der Waals surface area contributed by atoms with Crippen molar-refractivity contribution < 1.29 is 13.9 Å². The van der Waals surface area contributed by atoms with E-state index in [2.05, 4.69) is 15.5 Å². The average Bonchev–Trinajstić information content (AvgIpc) is 3.23. The minimum Gasteiger partial charge on any atom is -0.495 e. The van der Waals surface area contributed by atoms with Crippen molar-refractivity contribution in [3.63, 3.8) is 0 Å². The van der Waals surface area contributed by atoms with Crippen LogP contribution in [0.15, 0.2) is 52.3 Å². The number of ether oxygens (including phenoxy) is 1. The molecule has 2 aromatic carbocycles. The first kappa shape index (κ1) is 17.4. The lowest BCUT2D eigenvalue weighted by Gasteiger charge is -2.14. The number of hydrogen-bond donors (Lipinski definition) is 1. The molecule has 4 rings (SSSR count). The second-order valence-electron chi connectivity index (χ2n) is 6.12. The molecule has 0 aliphatic heterocycles. The van der Waals surface area contributed by atoms with Crippen LogP contribution in [0, 0.1) is 0 Å². The van der Waals surface area contributed by atoms with Crippen LogP contribution in [-0.2, 0) is 11.8 Å². The van der Waals surface area contributed by atoms with Gasteiger partial charge in [-0.05, 0) is 19.1 Å². The largest absolute Gasteiger partial charge is 0.495 e. The fourth-order valence-electron chi connectivity index (χ4n) is 2.84. The molecule has 1 amide bonds. The van der Waals surface area contributed by atoms with E-state index in [1.54, 1.807) is 24.1 Å². The van der Waals surface area contributed by atoms with E-state index >= 15 is 0 Å². The fourth-order valence-corrected chi connectivity index (χ4v) is 3.63. The van der Waals surface area contributed by atoms with E-state index in [9.17, 15) is 4.79 Å². The van der Waals surface area contributed by atoms with Crippen LogP contribution in [-0.4, -0.2) is 33.0 Å². The van der Waals surface area contributed by atoms with Gasteiger partial charge in [-0.2, -0.15) is 0 Å². The number of carbonyl (C=O) groups excluding carboxylic acids is 1. The number of aromatic nitrogens is 3. The summed E-state index contributed by atoms with van der Waals surface area (Å²) in [7, 11) is 3.42. The molecule has 2 aromatic heterocycles. The third kappa shape index (κ3) is 3.23. The molecular formula is C19H18N4O3S. The van der Waals surface area contributed by atoms with Crippen LogP contribution in [0.2, 0.25) is 0 Å². The highest BCUT2D eigenvalue weighted by Crippen LogP contribution is 2.36. The molecule has 0 saturated heterocycles. The standard InChI is InChI=1S/C19H18N4O3S/c1-11(27-19-22-20-10-23(19)2)18(24)21-14-9-16-13(8-17(14)25-3)12-6-4-5-7-15(12)26-16/h4-11H,1-3H3,(H,21,24)/t11-/m1/s1. The Bertz CT molecular complexity index is 1130. The van der Waals surface area contributed by atoms with Crippen LogP contribution >= 0.6 is 11.8 Å². The van der Waals surface area contributed by atoms with E-state index < -0.39 is 0 Å². The van der Waals surface area contributed by atoms with Gasteiger partial charge in [-0.1, -0.05) is 30.0 Å². The van der Waals surface area contributed by atoms with Gasteiger partial charge >= 0.3 is 0 Å². The Hall–Kier alpha value is -3.00. The number of carbonyl (C=O) groups is 1. The highest BCUT2D eigenvalue weighted by Gasteiger charge is 2.20. The second-order valence-corrected chi connectivity index (χ2v) is 7.43. The van der Waals surface area contributed by atoms with Gasteiger partial charge in [0.25, 0.3) is 0 Å². The molecule has 1 atom stereocenters. The zero-order chi connectivity index (χ0) is 19.0. The van der Waals surface area contributed by atoms with Crippen molar-refractivity contribution >= 4 is 45.3 Å². The number of hydrogen-bond acceptors (Lipinski definition) is 6. The SMILES string of the molecule is COc1cc2c(cc1NC(=O)[C@@H](C)Sc1nncn1C)oc1ccccc12. The van der Waals surface area contributed by atoms with Crippen molar-refractivity contribution in [1.29, 1.82) is 0 Å². The van der Waals surface area contributed by atoms with Crippen molar-refractivity contribution in [2.75, 3.05) is 12.4 Å². The van der Waals surface area contributed by atoms with Crippen LogP contribution in [0.4, 0.5) is 5.69 Å². The number of furan rings is 1. The summed E-state index contributed by atoms with van der Waals surface area (Å²) in [4.78, 5) is 12.7. The topological polar surface area (TPSA) is 82.2 Å². The Kier molecular flexibility index (Phi) is 4.49. The molecule has 8 heteroatoms. The Morgan fingerprint density at radius 1 is 1.26 bits per heavy atom. The predicted octanol–water partition coefficient (Wildman–Crippen LogP) is 3.84. The van der Waals surface area contributed by atoms with Gasteiger partial charge in [-0.15, -0.1) is 10.2 Å². The summed E-state index contributed by atoms with van der Waals surface area (Å²) in [5.41, 5.74) is 2.06. The van der Waals surface area contributed by atoms with Gasteiger partial charge in [-0.3, -0.25) is 4.79 Å². The number of amides is 1. The van der Waals surface area contributed by atoms with Gasteiger partial charge in [0.2, 0.25) is 5.91 Å². The van der Waals surface area contributed by atoms with E-state index in [0.717, 1.165) is 16.4 Å². The third-order valence-electron chi connectivity index (χ3n) is 4.28. The van der Waals surface area contributed by atoms with Crippen molar-refractivity contribution in [3.8, 4) is 5.75 Å². The number of fused-ring (bicyclic) bond motifs is 3. The summed E-state index contributed by atoms with van der Waals surface area (Å²) < 4.78 is 13.2. The molecule has 0 bridgehead atoms. The number of thioether (sulfide) groups is 1. The number of nitrogens with one attached hydrogen (secondary N) is 1. The number of benzene rings is 2. The Balaban J connectivity index is 1.63. The molecule has 138 valence electrons. The summed E-state index contributed by atoms with van der Waals surface area (Å²) in [6.07, 6.45) is 1.60. The van der Waals surface area contributed by atoms with Gasteiger partial charge in [0.15, 0.2) is 5.16 Å². The molecule has 27 heavy (non-hydrogen) atoms. The Morgan fingerprint density at radius 2 is 2.07 bits per heavy atom. The maximum atomic E-state index is 12.7. The van der Waals surface area contributed by atoms with Gasteiger partial charge < -0.3 is 19.0 Å². The van der Waals surface area contributed by atoms with Crippen LogP contribution in [0.5, 0.6) is 5.75 Å². The van der Waals surface area contributed by atoms with Crippen molar-refractivity contribution in [2.24, 2.45) is 7.05 Å². The lowest BCUT2D eigenvalue weighted by molar-refractivity contribution is -0.115. The van der Waals surface area contributed by atoms with E-state index in [1.165, 1.54) is 11.8 Å². The molecule has 0 fully saturated rings. The fraction of sp³-hybridized carbons (Fsp3) is 0.211. The van der Waals surface area contributed by atoms with Gasteiger partial charge in [0, 0.05) is 23.9 Å².